The van der Waals surface area contributed by atoms with Gasteiger partial charge in [0.1, 0.15) is 5.84 Å². The van der Waals surface area contributed by atoms with Crippen molar-refractivity contribution >= 4 is 15.9 Å². The number of amidine groups is 1. The van der Waals surface area contributed by atoms with Gasteiger partial charge in [0, 0.05) is 20.0 Å². The highest BCUT2D eigenvalue weighted by molar-refractivity contribution is 7.90. The molecule has 1 heterocycles. The predicted molar refractivity (Wildman–Crippen MR) is 67.7 cm³/mol. The van der Waals surface area contributed by atoms with Crippen LogP contribution in [0.5, 0.6) is 0 Å². The Morgan fingerprint density at radius 1 is 1.24 bits per heavy atom. The van der Waals surface area contributed by atoms with E-state index in [1.165, 1.54) is 0 Å². The van der Waals surface area contributed by atoms with E-state index in [0.717, 1.165) is 24.9 Å². The van der Waals surface area contributed by atoms with Gasteiger partial charge in [-0.15, -0.1) is 4.40 Å². The van der Waals surface area contributed by atoms with Crippen LogP contribution in [0.25, 0.3) is 0 Å². The molecule has 17 heavy (non-hydrogen) atoms. The Balaban J connectivity index is 2.34. The molecule has 0 amide bonds. The van der Waals surface area contributed by atoms with Crippen LogP contribution in [0.2, 0.25) is 0 Å². The molecule has 0 bridgehead atoms. The van der Waals surface area contributed by atoms with Gasteiger partial charge in [-0.3, -0.25) is 0 Å². The lowest BCUT2D eigenvalue weighted by molar-refractivity contribution is 0.548. The number of aryl methyl sites for hydroxylation is 1. The molecule has 1 aliphatic rings. The first-order chi connectivity index (χ1) is 7.99. The summed E-state index contributed by atoms with van der Waals surface area (Å²) in [6, 6.07) is 6.77. The van der Waals surface area contributed by atoms with Crippen LogP contribution in [0.4, 0.5) is 0 Å². The van der Waals surface area contributed by atoms with E-state index < -0.39 is 10.0 Å². The molecule has 1 aromatic rings. The first kappa shape index (κ1) is 12.1. The van der Waals surface area contributed by atoms with Crippen molar-refractivity contribution in [2.75, 3.05) is 13.6 Å². The molecular formula is C12H16N2O2S. The zero-order chi connectivity index (χ0) is 12.5. The first-order valence-corrected chi connectivity index (χ1v) is 7.05. The van der Waals surface area contributed by atoms with Crippen LogP contribution >= 0.6 is 0 Å². The van der Waals surface area contributed by atoms with Gasteiger partial charge in [0.05, 0.1) is 4.90 Å². The zero-order valence-electron chi connectivity index (χ0n) is 10.0. The van der Waals surface area contributed by atoms with Crippen LogP contribution in [-0.4, -0.2) is 32.7 Å². The molecule has 2 rings (SSSR count). The Kier molecular flexibility index (Phi) is 3.19. The van der Waals surface area contributed by atoms with E-state index in [0.29, 0.717) is 5.84 Å². The second-order valence-corrected chi connectivity index (χ2v) is 5.92. The van der Waals surface area contributed by atoms with E-state index in [4.69, 9.17) is 0 Å². The highest BCUT2D eigenvalue weighted by Gasteiger charge is 2.19. The van der Waals surface area contributed by atoms with Gasteiger partial charge in [-0.25, -0.2) is 0 Å². The summed E-state index contributed by atoms with van der Waals surface area (Å²) >= 11 is 0. The number of hydrogen-bond donors (Lipinski definition) is 0. The smallest absolute Gasteiger partial charge is 0.283 e. The topological polar surface area (TPSA) is 49.7 Å². The van der Waals surface area contributed by atoms with Gasteiger partial charge in [-0.05, 0) is 25.5 Å². The summed E-state index contributed by atoms with van der Waals surface area (Å²) in [5.41, 5.74) is 1.04. The van der Waals surface area contributed by atoms with Gasteiger partial charge in [0.25, 0.3) is 10.0 Å². The molecule has 4 nitrogen and oxygen atoms in total. The minimum Gasteiger partial charge on any atom is -0.362 e. The van der Waals surface area contributed by atoms with E-state index in [-0.39, 0.29) is 4.90 Å². The summed E-state index contributed by atoms with van der Waals surface area (Å²) in [6.07, 6.45) is 1.71. The molecule has 0 saturated carbocycles. The highest BCUT2D eigenvalue weighted by Crippen LogP contribution is 2.17. The van der Waals surface area contributed by atoms with Crippen LogP contribution < -0.4 is 0 Å². The zero-order valence-corrected chi connectivity index (χ0v) is 10.9. The Labute approximate surface area is 102 Å². The summed E-state index contributed by atoms with van der Waals surface area (Å²) in [5, 5.41) is 0. The molecule has 5 heteroatoms. The fourth-order valence-electron chi connectivity index (χ4n) is 1.81. The highest BCUT2D eigenvalue weighted by atomic mass is 32.2. The second kappa shape index (κ2) is 4.49. The molecule has 1 saturated heterocycles. The maximum absolute atomic E-state index is 12.0. The van der Waals surface area contributed by atoms with Crippen molar-refractivity contribution in [3.8, 4) is 0 Å². The van der Waals surface area contributed by atoms with Gasteiger partial charge in [0.15, 0.2) is 0 Å². The van der Waals surface area contributed by atoms with Crippen LogP contribution in [0.15, 0.2) is 33.6 Å². The summed E-state index contributed by atoms with van der Waals surface area (Å²) in [4.78, 5) is 2.15. The van der Waals surface area contributed by atoms with Gasteiger partial charge in [-0.1, -0.05) is 17.7 Å². The third-order valence-electron chi connectivity index (χ3n) is 2.88. The molecule has 0 aliphatic carbocycles. The van der Waals surface area contributed by atoms with E-state index >= 15 is 0 Å². The summed E-state index contributed by atoms with van der Waals surface area (Å²) in [6.45, 7) is 2.80. The first-order valence-electron chi connectivity index (χ1n) is 5.61. The Bertz CT molecular complexity index is 532. The fraction of sp³-hybridized carbons (Fsp3) is 0.417. The maximum Gasteiger partial charge on any atom is 0.283 e. The summed E-state index contributed by atoms with van der Waals surface area (Å²) in [5.74, 6) is 0.658. The SMILES string of the molecule is Cc1ccc(S(=O)(=O)/N=C2\CCCN2C)cc1. The third kappa shape index (κ3) is 2.66. The molecule has 1 aromatic carbocycles. The molecule has 0 aromatic heterocycles. The number of nitrogens with zero attached hydrogens (tertiary/aromatic N) is 2. The molecular weight excluding hydrogens is 236 g/mol. The van der Waals surface area contributed by atoms with Gasteiger partial charge in [-0.2, -0.15) is 8.42 Å². The predicted octanol–water partition coefficient (Wildman–Crippen LogP) is 1.81. The number of hydrogen-bond acceptors (Lipinski definition) is 2. The Hall–Kier alpha value is -1.36. The van der Waals surface area contributed by atoms with E-state index in [1.807, 2.05) is 18.9 Å². The lowest BCUT2D eigenvalue weighted by atomic mass is 10.2. The lowest BCUT2D eigenvalue weighted by Crippen LogP contribution is -2.20. The molecule has 0 N–H and O–H groups in total. The van der Waals surface area contributed by atoms with Gasteiger partial charge < -0.3 is 4.90 Å². The van der Waals surface area contributed by atoms with Gasteiger partial charge >= 0.3 is 0 Å². The number of likely N-dealkylation sites (tertiary alicyclic amines) is 1. The largest absolute Gasteiger partial charge is 0.362 e. The average molecular weight is 252 g/mol. The number of benzene rings is 1. The van der Waals surface area contributed by atoms with Crippen molar-refractivity contribution in [1.82, 2.24) is 4.90 Å². The average Bonchev–Trinajstić information content (AvgIpc) is 2.64. The van der Waals surface area contributed by atoms with Crippen molar-refractivity contribution in [2.45, 2.75) is 24.7 Å². The molecule has 0 radical (unpaired) electrons. The van der Waals surface area contributed by atoms with Gasteiger partial charge in [0.2, 0.25) is 0 Å². The fourth-order valence-corrected chi connectivity index (χ4v) is 2.90. The molecule has 92 valence electrons. The second-order valence-electron chi connectivity index (χ2n) is 4.32. The third-order valence-corrected chi connectivity index (χ3v) is 4.20. The van der Waals surface area contributed by atoms with Crippen molar-refractivity contribution < 1.29 is 8.42 Å². The quantitative estimate of drug-likeness (QED) is 0.806. The van der Waals surface area contributed by atoms with E-state index in [2.05, 4.69) is 4.40 Å². The monoisotopic (exact) mass is 252 g/mol. The normalized spacial score (nSPS) is 18.9. The van der Waals surface area contributed by atoms with Crippen molar-refractivity contribution in [3.63, 3.8) is 0 Å². The van der Waals surface area contributed by atoms with Crippen LogP contribution in [0.1, 0.15) is 18.4 Å². The van der Waals surface area contributed by atoms with Crippen LogP contribution in [0, 0.1) is 6.92 Å². The van der Waals surface area contributed by atoms with Crippen LogP contribution in [-0.2, 0) is 10.0 Å². The van der Waals surface area contributed by atoms with Crippen molar-refractivity contribution in [2.24, 2.45) is 4.40 Å². The Morgan fingerprint density at radius 3 is 2.41 bits per heavy atom. The molecule has 1 fully saturated rings. The van der Waals surface area contributed by atoms with Crippen molar-refractivity contribution in [1.29, 1.82) is 0 Å². The summed E-state index contributed by atoms with van der Waals surface area (Å²) in [7, 11) is -1.68. The minimum atomic E-state index is -3.55. The maximum atomic E-state index is 12.0. The van der Waals surface area contributed by atoms with E-state index in [1.54, 1.807) is 24.3 Å². The van der Waals surface area contributed by atoms with E-state index in [9.17, 15) is 8.42 Å². The molecule has 0 spiro atoms. The Morgan fingerprint density at radius 2 is 1.88 bits per heavy atom. The number of rotatable bonds is 2. The molecule has 0 atom stereocenters. The standard InChI is InChI=1S/C12H16N2O2S/c1-10-5-7-11(8-6-10)17(15,16)13-12-4-3-9-14(12)2/h5-8H,3-4,9H2,1-2H3/b13-12+. The van der Waals surface area contributed by atoms with Crippen LogP contribution in [0.3, 0.4) is 0 Å². The molecule has 0 unspecified atom stereocenters. The van der Waals surface area contributed by atoms with Crippen molar-refractivity contribution in [3.05, 3.63) is 29.8 Å². The minimum absolute atomic E-state index is 0.260. The number of sulfonamides is 1. The lowest BCUT2D eigenvalue weighted by Gasteiger charge is -2.10. The molecule has 1 aliphatic heterocycles. The summed E-state index contributed by atoms with van der Waals surface area (Å²) < 4.78 is 28.0.